The van der Waals surface area contributed by atoms with Crippen LogP contribution in [-0.2, 0) is 4.74 Å². The largest absolute Gasteiger partial charge is 0.378 e. The monoisotopic (exact) mass is 250 g/mol. The van der Waals surface area contributed by atoms with Crippen LogP contribution in [0.3, 0.4) is 0 Å². The predicted molar refractivity (Wildman–Crippen MR) is 73.2 cm³/mol. The van der Waals surface area contributed by atoms with Crippen LogP contribution >= 0.6 is 0 Å². The van der Waals surface area contributed by atoms with E-state index < -0.39 is 0 Å². The fourth-order valence-electron chi connectivity index (χ4n) is 1.95. The second kappa shape index (κ2) is 5.10. The van der Waals surface area contributed by atoms with Gasteiger partial charge in [0.1, 0.15) is 17.5 Å². The number of nitrogens with one attached hydrogen (secondary N) is 1. The lowest BCUT2D eigenvalue weighted by atomic mass is 10.1. The molecule has 1 saturated heterocycles. The first-order valence-corrected chi connectivity index (χ1v) is 6.41. The summed E-state index contributed by atoms with van der Waals surface area (Å²) in [5, 5.41) is 3.39. The molecule has 0 aromatic carbocycles. The molecule has 1 aromatic heterocycles. The summed E-state index contributed by atoms with van der Waals surface area (Å²) < 4.78 is 5.36. The van der Waals surface area contributed by atoms with Crippen LogP contribution in [0.25, 0.3) is 0 Å². The second-order valence-electron chi connectivity index (χ2n) is 5.63. The van der Waals surface area contributed by atoms with Gasteiger partial charge in [-0.2, -0.15) is 0 Å². The Morgan fingerprint density at radius 3 is 2.50 bits per heavy atom. The molecule has 1 aliphatic rings. The molecule has 1 N–H and O–H groups in total. The average Bonchev–Trinajstić information content (AvgIpc) is 2.27. The zero-order valence-corrected chi connectivity index (χ0v) is 11.7. The van der Waals surface area contributed by atoms with Crippen LogP contribution in [0.2, 0.25) is 0 Å². The Morgan fingerprint density at radius 2 is 1.89 bits per heavy atom. The summed E-state index contributed by atoms with van der Waals surface area (Å²) in [4.78, 5) is 11.2. The van der Waals surface area contributed by atoms with E-state index in [0.717, 1.165) is 43.8 Å². The van der Waals surface area contributed by atoms with E-state index in [-0.39, 0.29) is 5.54 Å². The number of rotatable bonds is 2. The number of hydrogen-bond acceptors (Lipinski definition) is 5. The quantitative estimate of drug-likeness (QED) is 0.868. The van der Waals surface area contributed by atoms with Gasteiger partial charge in [-0.3, -0.25) is 0 Å². The first kappa shape index (κ1) is 13.1. The van der Waals surface area contributed by atoms with Crippen molar-refractivity contribution < 1.29 is 4.74 Å². The molecule has 0 saturated carbocycles. The van der Waals surface area contributed by atoms with Crippen molar-refractivity contribution in [2.75, 3.05) is 36.5 Å². The van der Waals surface area contributed by atoms with E-state index in [1.165, 1.54) is 0 Å². The summed E-state index contributed by atoms with van der Waals surface area (Å²) in [6.07, 6.45) is 0. The third-order valence-electron chi connectivity index (χ3n) is 2.66. The average molecular weight is 250 g/mol. The topological polar surface area (TPSA) is 50.3 Å². The standard InChI is InChI=1S/C13H22N4O/c1-10-14-11(16-13(2,3)4)9-12(15-10)17-5-7-18-8-6-17/h9H,5-8H2,1-4H3,(H,14,15,16). The van der Waals surface area contributed by atoms with Crippen molar-refractivity contribution in [2.24, 2.45) is 0 Å². The second-order valence-corrected chi connectivity index (χ2v) is 5.63. The van der Waals surface area contributed by atoms with Crippen LogP contribution in [0.15, 0.2) is 6.07 Å². The molecule has 0 amide bonds. The lowest BCUT2D eigenvalue weighted by Gasteiger charge is -2.29. The molecule has 100 valence electrons. The third-order valence-corrected chi connectivity index (χ3v) is 2.66. The zero-order chi connectivity index (χ0) is 13.2. The molecule has 0 spiro atoms. The normalized spacial score (nSPS) is 16.8. The molecule has 2 heterocycles. The van der Waals surface area contributed by atoms with Gasteiger partial charge in [0.05, 0.1) is 13.2 Å². The summed E-state index contributed by atoms with van der Waals surface area (Å²) in [7, 11) is 0. The van der Waals surface area contributed by atoms with E-state index in [2.05, 4.69) is 41.0 Å². The summed E-state index contributed by atoms with van der Waals surface area (Å²) in [6.45, 7) is 11.6. The summed E-state index contributed by atoms with van der Waals surface area (Å²) in [6, 6.07) is 2.02. The molecular formula is C13H22N4O. The molecule has 5 nitrogen and oxygen atoms in total. The van der Waals surface area contributed by atoms with Crippen molar-refractivity contribution >= 4 is 11.6 Å². The molecule has 0 radical (unpaired) electrons. The van der Waals surface area contributed by atoms with Crippen molar-refractivity contribution in [3.8, 4) is 0 Å². The number of aromatic nitrogens is 2. The van der Waals surface area contributed by atoms with Gasteiger partial charge in [0.15, 0.2) is 0 Å². The number of aryl methyl sites for hydroxylation is 1. The minimum atomic E-state index is 0.00305. The van der Waals surface area contributed by atoms with Crippen LogP contribution in [0.1, 0.15) is 26.6 Å². The van der Waals surface area contributed by atoms with E-state index >= 15 is 0 Å². The summed E-state index contributed by atoms with van der Waals surface area (Å²) >= 11 is 0. The molecular weight excluding hydrogens is 228 g/mol. The van der Waals surface area contributed by atoms with Gasteiger partial charge in [0, 0.05) is 24.7 Å². The van der Waals surface area contributed by atoms with Crippen molar-refractivity contribution in [2.45, 2.75) is 33.2 Å². The Bertz CT molecular complexity index is 408. The number of ether oxygens (including phenoxy) is 1. The molecule has 5 heteroatoms. The molecule has 1 aliphatic heterocycles. The minimum Gasteiger partial charge on any atom is -0.378 e. The van der Waals surface area contributed by atoms with Gasteiger partial charge in [-0.05, 0) is 27.7 Å². The molecule has 0 atom stereocenters. The molecule has 2 rings (SSSR count). The Labute approximate surface area is 109 Å². The number of nitrogens with zero attached hydrogens (tertiary/aromatic N) is 3. The summed E-state index contributed by atoms with van der Waals surface area (Å²) in [5.74, 6) is 2.67. The fraction of sp³-hybridized carbons (Fsp3) is 0.692. The summed E-state index contributed by atoms with van der Waals surface area (Å²) in [5.41, 5.74) is 0.00305. The van der Waals surface area contributed by atoms with E-state index in [1.807, 2.05) is 13.0 Å². The van der Waals surface area contributed by atoms with Gasteiger partial charge in [-0.25, -0.2) is 9.97 Å². The highest BCUT2D eigenvalue weighted by Crippen LogP contribution is 2.19. The van der Waals surface area contributed by atoms with Gasteiger partial charge >= 0.3 is 0 Å². The lowest BCUT2D eigenvalue weighted by molar-refractivity contribution is 0.122. The Balaban J connectivity index is 2.20. The van der Waals surface area contributed by atoms with Crippen LogP contribution < -0.4 is 10.2 Å². The van der Waals surface area contributed by atoms with Crippen LogP contribution in [0, 0.1) is 6.92 Å². The smallest absolute Gasteiger partial charge is 0.134 e. The molecule has 1 aromatic rings. The molecule has 0 unspecified atom stereocenters. The number of hydrogen-bond donors (Lipinski definition) is 1. The molecule has 1 fully saturated rings. The highest BCUT2D eigenvalue weighted by atomic mass is 16.5. The van der Waals surface area contributed by atoms with Crippen molar-refractivity contribution in [3.05, 3.63) is 11.9 Å². The van der Waals surface area contributed by atoms with Gasteiger partial charge in [0.2, 0.25) is 0 Å². The van der Waals surface area contributed by atoms with Crippen LogP contribution in [0.5, 0.6) is 0 Å². The van der Waals surface area contributed by atoms with E-state index in [4.69, 9.17) is 4.74 Å². The fourth-order valence-corrected chi connectivity index (χ4v) is 1.95. The Kier molecular flexibility index (Phi) is 3.71. The van der Waals surface area contributed by atoms with Gasteiger partial charge in [-0.15, -0.1) is 0 Å². The first-order chi connectivity index (χ1) is 8.44. The first-order valence-electron chi connectivity index (χ1n) is 6.41. The predicted octanol–water partition coefficient (Wildman–Crippen LogP) is 1.83. The lowest BCUT2D eigenvalue weighted by Crippen LogP contribution is -2.37. The SMILES string of the molecule is Cc1nc(NC(C)(C)C)cc(N2CCOCC2)n1. The molecule has 0 bridgehead atoms. The van der Waals surface area contributed by atoms with E-state index in [9.17, 15) is 0 Å². The van der Waals surface area contributed by atoms with Gasteiger partial charge in [-0.1, -0.05) is 0 Å². The van der Waals surface area contributed by atoms with Crippen molar-refractivity contribution in [1.29, 1.82) is 0 Å². The van der Waals surface area contributed by atoms with Crippen molar-refractivity contribution in [3.63, 3.8) is 0 Å². The number of anilines is 2. The third kappa shape index (κ3) is 3.57. The van der Waals surface area contributed by atoms with Crippen molar-refractivity contribution in [1.82, 2.24) is 9.97 Å². The minimum absolute atomic E-state index is 0.00305. The highest BCUT2D eigenvalue weighted by molar-refractivity contribution is 5.50. The molecule has 0 aliphatic carbocycles. The maximum Gasteiger partial charge on any atom is 0.134 e. The van der Waals surface area contributed by atoms with Crippen LogP contribution in [-0.4, -0.2) is 41.8 Å². The van der Waals surface area contributed by atoms with Gasteiger partial charge < -0.3 is 15.0 Å². The zero-order valence-electron chi connectivity index (χ0n) is 11.7. The van der Waals surface area contributed by atoms with E-state index in [1.54, 1.807) is 0 Å². The van der Waals surface area contributed by atoms with Crippen LogP contribution in [0.4, 0.5) is 11.6 Å². The Hall–Kier alpha value is -1.36. The Morgan fingerprint density at radius 1 is 1.22 bits per heavy atom. The maximum absolute atomic E-state index is 5.36. The number of morpholine rings is 1. The van der Waals surface area contributed by atoms with E-state index in [0.29, 0.717) is 0 Å². The maximum atomic E-state index is 5.36. The van der Waals surface area contributed by atoms with Gasteiger partial charge in [0.25, 0.3) is 0 Å². The highest BCUT2D eigenvalue weighted by Gasteiger charge is 2.16. The molecule has 18 heavy (non-hydrogen) atoms.